The highest BCUT2D eigenvalue weighted by atomic mass is 127. The van der Waals surface area contributed by atoms with Gasteiger partial charge in [-0.2, -0.15) is 0 Å². The van der Waals surface area contributed by atoms with Gasteiger partial charge in [0.25, 0.3) is 0 Å². The van der Waals surface area contributed by atoms with E-state index in [1.165, 1.54) is 5.56 Å². The number of aromatic nitrogens is 1. The molecule has 0 fully saturated rings. The van der Waals surface area contributed by atoms with Crippen LogP contribution >= 0.6 is 24.0 Å². The van der Waals surface area contributed by atoms with Gasteiger partial charge in [-0.25, -0.2) is 4.98 Å². The third kappa shape index (κ3) is 9.17. The summed E-state index contributed by atoms with van der Waals surface area (Å²) in [7, 11) is 3.45. The number of methoxy groups -OCH3 is 1. The number of guanidine groups is 1. The predicted molar refractivity (Wildman–Crippen MR) is 131 cm³/mol. The monoisotopic (exact) mass is 528 g/mol. The van der Waals surface area contributed by atoms with Crippen molar-refractivity contribution < 1.29 is 14.2 Å². The Balaban J connectivity index is 0.00000450. The molecule has 1 aromatic carbocycles. The van der Waals surface area contributed by atoms with Crippen LogP contribution in [0.5, 0.6) is 11.6 Å². The van der Waals surface area contributed by atoms with E-state index in [-0.39, 0.29) is 24.0 Å². The van der Waals surface area contributed by atoms with E-state index in [0.717, 1.165) is 23.3 Å². The fourth-order valence-electron chi connectivity index (χ4n) is 2.70. The Morgan fingerprint density at radius 2 is 1.87 bits per heavy atom. The van der Waals surface area contributed by atoms with E-state index in [4.69, 9.17) is 14.2 Å². The summed E-state index contributed by atoms with van der Waals surface area (Å²) in [5.74, 6) is 2.23. The van der Waals surface area contributed by atoms with Crippen LogP contribution < -0.4 is 20.1 Å². The third-order valence-corrected chi connectivity index (χ3v) is 4.19. The summed E-state index contributed by atoms with van der Waals surface area (Å²) in [6, 6.07) is 10.1. The molecule has 2 N–H and O–H groups in total. The zero-order valence-electron chi connectivity index (χ0n) is 18.2. The maximum Gasteiger partial charge on any atom is 0.213 e. The minimum absolute atomic E-state index is 0. The molecule has 0 saturated heterocycles. The lowest BCUT2D eigenvalue weighted by atomic mass is 10.1. The molecule has 0 aliphatic heterocycles. The highest BCUT2D eigenvalue weighted by Crippen LogP contribution is 2.20. The molecule has 8 heteroatoms. The van der Waals surface area contributed by atoms with Gasteiger partial charge in [0.05, 0.1) is 13.2 Å². The van der Waals surface area contributed by atoms with E-state index in [1.807, 2.05) is 19.1 Å². The molecule has 0 spiro atoms. The smallest absolute Gasteiger partial charge is 0.213 e. The molecular weight excluding hydrogens is 495 g/mol. The first kappa shape index (κ1) is 26.0. The van der Waals surface area contributed by atoms with E-state index >= 15 is 0 Å². The Labute approximate surface area is 196 Å². The average Bonchev–Trinajstić information content (AvgIpc) is 2.73. The number of benzene rings is 1. The molecule has 0 unspecified atom stereocenters. The second kappa shape index (κ2) is 14.8. The van der Waals surface area contributed by atoms with Crippen molar-refractivity contribution in [3.8, 4) is 11.6 Å². The number of halogens is 1. The number of hydrogen-bond acceptors (Lipinski definition) is 5. The van der Waals surface area contributed by atoms with Crippen molar-refractivity contribution in [3.63, 3.8) is 0 Å². The van der Waals surface area contributed by atoms with E-state index in [9.17, 15) is 0 Å². The van der Waals surface area contributed by atoms with Gasteiger partial charge >= 0.3 is 0 Å². The van der Waals surface area contributed by atoms with Crippen molar-refractivity contribution >= 4 is 29.9 Å². The molecule has 0 radical (unpaired) electrons. The Bertz CT molecular complexity index is 787. The van der Waals surface area contributed by atoms with Gasteiger partial charge in [0.1, 0.15) is 5.75 Å². The van der Waals surface area contributed by atoms with Gasteiger partial charge in [0.2, 0.25) is 5.88 Å². The molecule has 0 saturated carbocycles. The fourth-order valence-corrected chi connectivity index (χ4v) is 2.70. The maximum absolute atomic E-state index is 5.95. The Kier molecular flexibility index (Phi) is 12.8. The van der Waals surface area contributed by atoms with E-state index < -0.39 is 0 Å². The molecule has 1 aromatic heterocycles. The first-order valence-corrected chi connectivity index (χ1v) is 9.89. The summed E-state index contributed by atoms with van der Waals surface area (Å²) in [4.78, 5) is 8.49. The van der Waals surface area contributed by atoms with E-state index in [1.54, 1.807) is 20.4 Å². The van der Waals surface area contributed by atoms with Crippen molar-refractivity contribution in [2.45, 2.75) is 33.4 Å². The van der Waals surface area contributed by atoms with E-state index in [2.05, 4.69) is 45.7 Å². The van der Waals surface area contributed by atoms with Gasteiger partial charge in [-0.05, 0) is 37.1 Å². The normalized spacial score (nSPS) is 10.9. The van der Waals surface area contributed by atoms with Gasteiger partial charge < -0.3 is 24.8 Å². The average molecular weight is 528 g/mol. The number of aliphatic imine (C=N–C) groups is 1. The van der Waals surface area contributed by atoms with Crippen LogP contribution in [0.15, 0.2) is 41.5 Å². The van der Waals surface area contributed by atoms with Gasteiger partial charge in [0, 0.05) is 58.1 Å². The zero-order valence-corrected chi connectivity index (χ0v) is 20.6. The number of nitrogens with zero attached hydrogens (tertiary/aromatic N) is 2. The third-order valence-electron chi connectivity index (χ3n) is 4.19. The van der Waals surface area contributed by atoms with Crippen molar-refractivity contribution in [2.75, 3.05) is 34.0 Å². The molecule has 2 rings (SSSR count). The van der Waals surface area contributed by atoms with Crippen LogP contribution in [0, 0.1) is 6.92 Å². The van der Waals surface area contributed by atoms with E-state index in [0.29, 0.717) is 44.7 Å². The summed E-state index contributed by atoms with van der Waals surface area (Å²) >= 11 is 0. The number of ether oxygens (including phenoxy) is 3. The zero-order chi connectivity index (χ0) is 20.9. The lowest BCUT2D eigenvalue weighted by molar-refractivity contribution is 0.171. The SMILES string of the molecule is CCOc1cc(CNC(=NC)NCc2ccc(C)cc2OCCCOC)ccn1.I. The molecular formula is C22H33IN4O3. The number of rotatable bonds is 11. The topological polar surface area (TPSA) is 77.0 Å². The van der Waals surface area contributed by atoms with Crippen LogP contribution in [-0.4, -0.2) is 44.9 Å². The number of hydrogen-bond donors (Lipinski definition) is 2. The minimum atomic E-state index is 0. The van der Waals surface area contributed by atoms with Crippen molar-refractivity contribution in [2.24, 2.45) is 4.99 Å². The number of aryl methyl sites for hydroxylation is 1. The summed E-state index contributed by atoms with van der Waals surface area (Å²) in [6.07, 6.45) is 2.61. The standard InChI is InChI=1S/C22H32N4O3.HI/c1-5-28-21-14-18(9-10-24-21)15-25-22(23-3)26-16-19-8-7-17(2)13-20(19)29-12-6-11-27-4;/h7-10,13-14H,5-6,11-12,15-16H2,1-4H3,(H2,23,25,26);1H. The first-order valence-electron chi connectivity index (χ1n) is 9.89. The number of nitrogens with one attached hydrogen (secondary N) is 2. The van der Waals surface area contributed by atoms with Crippen molar-refractivity contribution in [3.05, 3.63) is 53.2 Å². The predicted octanol–water partition coefficient (Wildman–Crippen LogP) is 3.69. The van der Waals surface area contributed by atoms with Gasteiger partial charge in [0.15, 0.2) is 5.96 Å². The van der Waals surface area contributed by atoms with Gasteiger partial charge in [-0.3, -0.25) is 4.99 Å². The minimum Gasteiger partial charge on any atom is -0.493 e. The molecule has 0 amide bonds. The Morgan fingerprint density at radius 3 is 2.60 bits per heavy atom. The van der Waals surface area contributed by atoms with Crippen molar-refractivity contribution in [1.29, 1.82) is 0 Å². The molecule has 166 valence electrons. The molecule has 7 nitrogen and oxygen atoms in total. The molecule has 0 atom stereocenters. The van der Waals surface area contributed by atoms with Crippen LogP contribution in [0.3, 0.4) is 0 Å². The molecule has 30 heavy (non-hydrogen) atoms. The second-order valence-electron chi connectivity index (χ2n) is 6.52. The summed E-state index contributed by atoms with van der Waals surface area (Å²) in [5.41, 5.74) is 3.32. The molecule has 0 aliphatic carbocycles. The fraction of sp³-hybridized carbons (Fsp3) is 0.455. The largest absolute Gasteiger partial charge is 0.493 e. The molecule has 2 aromatic rings. The summed E-state index contributed by atoms with van der Waals surface area (Å²) < 4.78 is 16.5. The lowest BCUT2D eigenvalue weighted by Gasteiger charge is -2.16. The van der Waals surface area contributed by atoms with Crippen LogP contribution in [0.1, 0.15) is 30.0 Å². The molecule has 1 heterocycles. The second-order valence-corrected chi connectivity index (χ2v) is 6.52. The van der Waals surface area contributed by atoms with Crippen LogP contribution in [0.25, 0.3) is 0 Å². The van der Waals surface area contributed by atoms with Gasteiger partial charge in [-0.1, -0.05) is 12.1 Å². The highest BCUT2D eigenvalue weighted by Gasteiger charge is 2.07. The molecule has 0 aliphatic rings. The van der Waals surface area contributed by atoms with Crippen LogP contribution in [0.4, 0.5) is 0 Å². The van der Waals surface area contributed by atoms with Crippen molar-refractivity contribution in [1.82, 2.24) is 15.6 Å². The quantitative estimate of drug-likeness (QED) is 0.201. The van der Waals surface area contributed by atoms with Gasteiger partial charge in [-0.15, -0.1) is 24.0 Å². The maximum atomic E-state index is 5.95. The lowest BCUT2D eigenvalue weighted by Crippen LogP contribution is -2.36. The summed E-state index contributed by atoms with van der Waals surface area (Å²) in [6.45, 7) is 7.15. The highest BCUT2D eigenvalue weighted by molar-refractivity contribution is 14.0. The number of pyridine rings is 1. The van der Waals surface area contributed by atoms with Crippen LogP contribution in [-0.2, 0) is 17.8 Å². The Hall–Kier alpha value is -2.07. The summed E-state index contributed by atoms with van der Waals surface area (Å²) in [5, 5.41) is 6.66. The Morgan fingerprint density at radius 1 is 1.07 bits per heavy atom. The first-order chi connectivity index (χ1) is 14.2. The molecule has 0 bridgehead atoms. The van der Waals surface area contributed by atoms with Crippen LogP contribution in [0.2, 0.25) is 0 Å².